The molecule has 5 aromatic rings. The molecule has 0 saturated heterocycles. The first-order chi connectivity index (χ1) is 22.4. The zero-order chi connectivity index (χ0) is 32.2. The van der Waals surface area contributed by atoms with Gasteiger partial charge in [0.2, 0.25) is 0 Å². The molecule has 9 nitrogen and oxygen atoms in total. The van der Waals surface area contributed by atoms with Crippen LogP contribution in [0.3, 0.4) is 0 Å². The molecular weight excluding hydrogens is 604 g/mol. The molecule has 0 spiro atoms. The quantitative estimate of drug-likeness (QED) is 0.200. The summed E-state index contributed by atoms with van der Waals surface area (Å²) in [7, 11) is 1.56. The normalized spacial score (nSPS) is 14.4. The topological polar surface area (TPSA) is 109 Å². The number of thiazole rings is 1. The number of hydrogen-bond acceptors (Lipinski definition) is 9. The van der Waals surface area contributed by atoms with Gasteiger partial charge in [-0.1, -0.05) is 65.9 Å². The van der Waals surface area contributed by atoms with Crippen molar-refractivity contribution in [2.75, 3.05) is 20.3 Å². The van der Waals surface area contributed by atoms with Crippen LogP contribution in [0.25, 0.3) is 23.1 Å². The number of furan rings is 1. The molecule has 6 rings (SSSR count). The van der Waals surface area contributed by atoms with Crippen LogP contribution in [0.4, 0.5) is 0 Å². The largest absolute Gasteiger partial charge is 0.497 e. The summed E-state index contributed by atoms with van der Waals surface area (Å²) >= 11 is 1.20. The molecule has 0 saturated carbocycles. The third-order valence-corrected chi connectivity index (χ3v) is 8.32. The van der Waals surface area contributed by atoms with Crippen LogP contribution in [0.15, 0.2) is 111 Å². The molecule has 0 amide bonds. The average molecular weight is 635 g/mol. The summed E-state index contributed by atoms with van der Waals surface area (Å²) in [5.74, 6) is 0.562. The smallest absolute Gasteiger partial charge is 0.338 e. The van der Waals surface area contributed by atoms with Gasteiger partial charge in [0.25, 0.3) is 5.56 Å². The summed E-state index contributed by atoms with van der Waals surface area (Å²) in [6.45, 7) is 3.92. The van der Waals surface area contributed by atoms with Crippen LogP contribution < -0.4 is 19.6 Å². The molecule has 1 aliphatic rings. The van der Waals surface area contributed by atoms with Gasteiger partial charge >= 0.3 is 11.9 Å². The second-order valence-electron chi connectivity index (χ2n) is 10.2. The van der Waals surface area contributed by atoms with E-state index in [0.29, 0.717) is 49.0 Å². The van der Waals surface area contributed by atoms with E-state index in [4.69, 9.17) is 23.6 Å². The molecule has 2 aromatic heterocycles. The zero-order valence-electron chi connectivity index (χ0n) is 25.4. The van der Waals surface area contributed by atoms with Crippen molar-refractivity contribution in [1.29, 1.82) is 0 Å². The van der Waals surface area contributed by atoms with E-state index in [0.717, 1.165) is 5.56 Å². The summed E-state index contributed by atoms with van der Waals surface area (Å²) in [6, 6.07) is 26.3. The van der Waals surface area contributed by atoms with Gasteiger partial charge in [0.05, 0.1) is 47.7 Å². The minimum atomic E-state index is -0.833. The molecule has 46 heavy (non-hydrogen) atoms. The predicted molar refractivity (Wildman–Crippen MR) is 174 cm³/mol. The predicted octanol–water partition coefficient (Wildman–Crippen LogP) is 5.38. The second kappa shape index (κ2) is 13.3. The summed E-state index contributed by atoms with van der Waals surface area (Å²) in [6.07, 6.45) is 1.65. The fourth-order valence-corrected chi connectivity index (χ4v) is 6.28. The Kier molecular flexibility index (Phi) is 8.80. The second-order valence-corrected chi connectivity index (χ2v) is 11.2. The zero-order valence-corrected chi connectivity index (χ0v) is 26.2. The number of carbonyl (C=O) groups excluding carboxylic acids is 2. The van der Waals surface area contributed by atoms with Crippen LogP contribution in [0.1, 0.15) is 47.1 Å². The Bertz CT molecular complexity index is 2140. The van der Waals surface area contributed by atoms with Crippen LogP contribution in [0, 0.1) is 0 Å². The Morgan fingerprint density at radius 1 is 0.891 bits per heavy atom. The minimum absolute atomic E-state index is 0.156. The summed E-state index contributed by atoms with van der Waals surface area (Å²) in [5, 5.41) is 0. The Labute approximate surface area is 268 Å². The van der Waals surface area contributed by atoms with Gasteiger partial charge in [-0.25, -0.2) is 14.6 Å². The lowest BCUT2D eigenvalue weighted by molar-refractivity contribution is -0.138. The fourth-order valence-electron chi connectivity index (χ4n) is 5.30. The van der Waals surface area contributed by atoms with Crippen molar-refractivity contribution in [1.82, 2.24) is 4.57 Å². The first kappa shape index (κ1) is 30.5. The van der Waals surface area contributed by atoms with Gasteiger partial charge in [-0.2, -0.15) is 0 Å². The van der Waals surface area contributed by atoms with Crippen molar-refractivity contribution >= 4 is 35.0 Å². The van der Waals surface area contributed by atoms with E-state index in [1.807, 2.05) is 48.5 Å². The van der Waals surface area contributed by atoms with E-state index in [9.17, 15) is 14.4 Å². The molecule has 0 N–H and O–H groups in total. The maximum Gasteiger partial charge on any atom is 0.338 e. The van der Waals surface area contributed by atoms with Crippen LogP contribution in [-0.4, -0.2) is 36.8 Å². The molecule has 0 fully saturated rings. The molecule has 0 unspecified atom stereocenters. The minimum Gasteiger partial charge on any atom is -0.497 e. The van der Waals surface area contributed by atoms with Crippen molar-refractivity contribution in [3.8, 4) is 17.1 Å². The monoisotopic (exact) mass is 634 g/mol. The number of aromatic nitrogens is 1. The summed E-state index contributed by atoms with van der Waals surface area (Å²) in [5.41, 5.74) is 2.83. The van der Waals surface area contributed by atoms with Crippen LogP contribution in [0.5, 0.6) is 5.75 Å². The van der Waals surface area contributed by atoms with Crippen LogP contribution in [0.2, 0.25) is 0 Å². The maximum absolute atomic E-state index is 14.2. The molecule has 0 bridgehead atoms. The van der Waals surface area contributed by atoms with E-state index < -0.39 is 18.0 Å². The lowest BCUT2D eigenvalue weighted by Gasteiger charge is -2.26. The number of fused-ring (bicyclic) bond motifs is 1. The third-order valence-electron chi connectivity index (χ3n) is 7.34. The molecular formula is C36H30N2O7S. The Hall–Kier alpha value is -5.48. The number of nitrogens with zero attached hydrogens (tertiary/aromatic N) is 2. The lowest BCUT2D eigenvalue weighted by atomic mass is 9.93. The first-order valence-corrected chi connectivity index (χ1v) is 15.5. The van der Waals surface area contributed by atoms with Gasteiger partial charge in [0.15, 0.2) is 4.80 Å². The third kappa shape index (κ3) is 5.94. The molecule has 10 heteroatoms. The lowest BCUT2D eigenvalue weighted by Crippen LogP contribution is -2.40. The van der Waals surface area contributed by atoms with Crippen LogP contribution in [-0.2, 0) is 14.3 Å². The van der Waals surface area contributed by atoms with E-state index in [-0.39, 0.29) is 24.3 Å². The molecule has 0 radical (unpaired) electrons. The van der Waals surface area contributed by atoms with E-state index in [1.54, 1.807) is 69.5 Å². The molecule has 0 aliphatic carbocycles. The Morgan fingerprint density at radius 2 is 1.63 bits per heavy atom. The molecule has 3 heterocycles. The van der Waals surface area contributed by atoms with Gasteiger partial charge in [-0.15, -0.1) is 0 Å². The highest BCUT2D eigenvalue weighted by molar-refractivity contribution is 7.07. The number of carbonyl (C=O) groups is 2. The van der Waals surface area contributed by atoms with Gasteiger partial charge in [0.1, 0.15) is 17.3 Å². The highest BCUT2D eigenvalue weighted by Crippen LogP contribution is 2.36. The molecule has 1 atom stereocenters. The standard InChI is InChI=1S/C36H30N2O7S/c1-4-43-34(40)25-15-9-13-23(19-25)28-18-17-27(45-28)21-29-33(39)38-32(24-14-10-16-26(20-24)42-3)30(35(41)44-5-2)31(37-36(38)46-29)22-11-7-6-8-12-22/h6-21,32H,4-5H2,1-3H3/b29-21-/t32-/m1/s1. The number of benzene rings is 3. The van der Waals surface area contributed by atoms with Crippen molar-refractivity contribution < 1.29 is 28.2 Å². The van der Waals surface area contributed by atoms with Gasteiger partial charge in [-0.3, -0.25) is 9.36 Å². The number of ether oxygens (including phenoxy) is 3. The molecule has 1 aliphatic heterocycles. The Morgan fingerprint density at radius 3 is 2.39 bits per heavy atom. The van der Waals surface area contributed by atoms with Gasteiger partial charge in [0, 0.05) is 17.2 Å². The van der Waals surface area contributed by atoms with Gasteiger partial charge < -0.3 is 18.6 Å². The summed E-state index contributed by atoms with van der Waals surface area (Å²) < 4.78 is 24.1. The van der Waals surface area contributed by atoms with Crippen LogP contribution >= 0.6 is 11.3 Å². The first-order valence-electron chi connectivity index (χ1n) is 14.7. The number of hydrogen-bond donors (Lipinski definition) is 0. The number of methoxy groups -OCH3 is 1. The van der Waals surface area contributed by atoms with Crippen molar-refractivity contribution in [2.24, 2.45) is 4.99 Å². The van der Waals surface area contributed by atoms with E-state index in [1.165, 1.54) is 15.9 Å². The van der Waals surface area contributed by atoms with E-state index >= 15 is 0 Å². The van der Waals surface area contributed by atoms with E-state index in [2.05, 4.69) is 0 Å². The van der Waals surface area contributed by atoms with Crippen molar-refractivity contribution in [2.45, 2.75) is 19.9 Å². The number of esters is 2. The van der Waals surface area contributed by atoms with Crippen molar-refractivity contribution in [3.05, 3.63) is 139 Å². The van der Waals surface area contributed by atoms with Gasteiger partial charge in [-0.05, 0) is 55.8 Å². The summed E-state index contributed by atoms with van der Waals surface area (Å²) in [4.78, 5) is 45.3. The number of rotatable bonds is 9. The Balaban J connectivity index is 1.51. The maximum atomic E-state index is 14.2. The SMILES string of the molecule is CCOC(=O)C1=C(c2ccccc2)N=c2s/c(=C\c3ccc(-c4cccc(C(=O)OCC)c4)o3)c(=O)n2[C@@H]1c1cccc(OC)c1. The molecule has 3 aromatic carbocycles. The highest BCUT2D eigenvalue weighted by Gasteiger charge is 2.35. The van der Waals surface area contributed by atoms with Crippen molar-refractivity contribution in [3.63, 3.8) is 0 Å². The average Bonchev–Trinajstić information content (AvgIpc) is 3.68. The molecule has 232 valence electrons. The highest BCUT2D eigenvalue weighted by atomic mass is 32.1. The fraction of sp³-hybridized carbons (Fsp3) is 0.167.